The van der Waals surface area contributed by atoms with Crippen LogP contribution in [0.4, 0.5) is 0 Å². The first-order chi connectivity index (χ1) is 16.0. The van der Waals surface area contributed by atoms with Gasteiger partial charge in [-0.05, 0) is 56.4 Å². The van der Waals surface area contributed by atoms with Crippen molar-refractivity contribution in [2.45, 2.75) is 39.5 Å². The molecule has 0 aliphatic carbocycles. The molecule has 172 valence electrons. The summed E-state index contributed by atoms with van der Waals surface area (Å²) in [6.45, 7) is 5.10. The summed E-state index contributed by atoms with van der Waals surface area (Å²) in [5.74, 6) is 0.142. The Balaban J connectivity index is 1.58. The number of piperidine rings is 1. The highest BCUT2D eigenvalue weighted by Crippen LogP contribution is 2.21. The van der Waals surface area contributed by atoms with Crippen molar-refractivity contribution < 1.29 is 14.3 Å². The lowest BCUT2D eigenvalue weighted by molar-refractivity contribution is -0.149. The van der Waals surface area contributed by atoms with Crippen molar-refractivity contribution in [3.63, 3.8) is 0 Å². The predicted molar refractivity (Wildman–Crippen MR) is 125 cm³/mol. The first kappa shape index (κ1) is 22.7. The number of aromatic nitrogens is 3. The van der Waals surface area contributed by atoms with Crippen LogP contribution in [0.3, 0.4) is 0 Å². The molecule has 1 aliphatic rings. The van der Waals surface area contributed by atoms with Gasteiger partial charge in [0.2, 0.25) is 5.82 Å². The Morgan fingerprint density at radius 3 is 2.67 bits per heavy atom. The van der Waals surface area contributed by atoms with Gasteiger partial charge in [-0.25, -0.2) is 9.67 Å². The molecule has 0 bridgehead atoms. The molecule has 33 heavy (non-hydrogen) atoms. The molecule has 0 saturated carbocycles. The summed E-state index contributed by atoms with van der Waals surface area (Å²) in [4.78, 5) is 31.8. The second-order valence-electron chi connectivity index (χ2n) is 8.43. The molecular formula is C26H30N4O3. The van der Waals surface area contributed by atoms with Gasteiger partial charge in [0.05, 0.1) is 18.2 Å². The number of nitrogens with zero attached hydrogens (tertiary/aromatic N) is 4. The van der Waals surface area contributed by atoms with Crippen molar-refractivity contribution in [3.8, 4) is 5.69 Å². The number of carbonyl (C=O) groups is 2. The summed E-state index contributed by atoms with van der Waals surface area (Å²) >= 11 is 0. The standard InChI is InChI=1S/C26H30N4O3/c1-3-33-26(32)21-12-8-16-29(18-21)25(31)24-27-23(15-14-20-10-5-4-6-11-20)30(28-24)22-13-7-9-19(2)17-22/h4-7,9-11,13,17,21H,3,8,12,14-16,18H2,1-2H3. The minimum atomic E-state index is -0.293. The molecule has 1 aliphatic heterocycles. The van der Waals surface area contributed by atoms with E-state index in [0.717, 1.165) is 36.3 Å². The van der Waals surface area contributed by atoms with E-state index in [1.165, 1.54) is 5.56 Å². The molecule has 1 atom stereocenters. The van der Waals surface area contributed by atoms with Gasteiger partial charge in [-0.2, -0.15) is 0 Å². The van der Waals surface area contributed by atoms with E-state index in [1.807, 2.05) is 49.4 Å². The number of benzene rings is 2. The smallest absolute Gasteiger partial charge is 0.310 e. The Hall–Kier alpha value is -3.48. The molecule has 0 N–H and O–H groups in total. The average molecular weight is 447 g/mol. The van der Waals surface area contributed by atoms with Crippen molar-refractivity contribution >= 4 is 11.9 Å². The number of carbonyl (C=O) groups excluding carboxylic acids is 2. The largest absolute Gasteiger partial charge is 0.466 e. The highest BCUT2D eigenvalue weighted by molar-refractivity contribution is 5.91. The van der Waals surface area contributed by atoms with Crippen LogP contribution in [0.1, 0.15) is 47.3 Å². The van der Waals surface area contributed by atoms with Crippen molar-refractivity contribution in [1.29, 1.82) is 0 Å². The van der Waals surface area contributed by atoms with E-state index in [2.05, 4.69) is 22.2 Å². The number of rotatable bonds is 7. The predicted octanol–water partition coefficient (Wildman–Crippen LogP) is 3.78. The van der Waals surface area contributed by atoms with Crippen molar-refractivity contribution in [2.75, 3.05) is 19.7 Å². The fourth-order valence-electron chi connectivity index (χ4n) is 4.22. The number of esters is 1. The second kappa shape index (κ2) is 10.4. The Labute approximate surface area is 194 Å². The molecule has 0 spiro atoms. The van der Waals surface area contributed by atoms with Crippen LogP contribution >= 0.6 is 0 Å². The third-order valence-electron chi connectivity index (χ3n) is 5.92. The number of amides is 1. The molecule has 7 nitrogen and oxygen atoms in total. The van der Waals surface area contributed by atoms with Crippen molar-refractivity contribution in [1.82, 2.24) is 19.7 Å². The van der Waals surface area contributed by atoms with Gasteiger partial charge in [0, 0.05) is 19.5 Å². The van der Waals surface area contributed by atoms with E-state index in [0.29, 0.717) is 26.1 Å². The summed E-state index contributed by atoms with van der Waals surface area (Å²) in [7, 11) is 0. The number of ether oxygens (including phenoxy) is 1. The van der Waals surface area contributed by atoms with Crippen LogP contribution in [-0.4, -0.2) is 51.2 Å². The zero-order valence-electron chi connectivity index (χ0n) is 19.2. The highest BCUT2D eigenvalue weighted by atomic mass is 16.5. The maximum Gasteiger partial charge on any atom is 0.310 e. The van der Waals surface area contributed by atoms with Crippen LogP contribution in [0.5, 0.6) is 0 Å². The van der Waals surface area contributed by atoms with Gasteiger partial charge < -0.3 is 9.64 Å². The molecular weight excluding hydrogens is 416 g/mol. The van der Waals surface area contributed by atoms with Gasteiger partial charge in [-0.15, -0.1) is 5.10 Å². The van der Waals surface area contributed by atoms with Gasteiger partial charge in [0.1, 0.15) is 5.82 Å². The molecule has 2 aromatic carbocycles. The maximum absolute atomic E-state index is 13.3. The normalized spacial score (nSPS) is 15.9. The lowest BCUT2D eigenvalue weighted by Gasteiger charge is -2.30. The summed E-state index contributed by atoms with van der Waals surface area (Å²) in [5.41, 5.74) is 3.20. The Kier molecular flexibility index (Phi) is 7.17. The maximum atomic E-state index is 13.3. The topological polar surface area (TPSA) is 77.3 Å². The lowest BCUT2D eigenvalue weighted by Crippen LogP contribution is -2.43. The molecule has 1 aromatic heterocycles. The van der Waals surface area contributed by atoms with Crippen LogP contribution in [-0.2, 0) is 22.4 Å². The fraction of sp³-hybridized carbons (Fsp3) is 0.385. The van der Waals surface area contributed by atoms with Gasteiger partial charge >= 0.3 is 5.97 Å². The molecule has 1 unspecified atom stereocenters. The first-order valence-electron chi connectivity index (χ1n) is 11.6. The Morgan fingerprint density at radius 2 is 1.91 bits per heavy atom. The minimum absolute atomic E-state index is 0.170. The molecule has 0 radical (unpaired) electrons. The number of hydrogen-bond acceptors (Lipinski definition) is 5. The minimum Gasteiger partial charge on any atom is -0.466 e. The summed E-state index contributed by atoms with van der Waals surface area (Å²) in [6.07, 6.45) is 2.95. The van der Waals surface area contributed by atoms with Gasteiger partial charge in [-0.1, -0.05) is 42.5 Å². The molecule has 7 heteroatoms. The first-order valence-corrected chi connectivity index (χ1v) is 11.6. The van der Waals surface area contributed by atoms with E-state index in [4.69, 9.17) is 4.74 Å². The van der Waals surface area contributed by atoms with Crippen molar-refractivity contribution in [3.05, 3.63) is 77.4 Å². The van der Waals surface area contributed by atoms with E-state index >= 15 is 0 Å². The molecule has 2 heterocycles. The third-order valence-corrected chi connectivity index (χ3v) is 5.92. The van der Waals surface area contributed by atoms with Crippen LogP contribution in [0.15, 0.2) is 54.6 Å². The SMILES string of the molecule is CCOC(=O)C1CCCN(C(=O)c2nc(CCc3ccccc3)n(-c3cccc(C)c3)n2)C1. The zero-order chi connectivity index (χ0) is 23.2. The van der Waals surface area contributed by atoms with E-state index in [1.54, 1.807) is 16.5 Å². The van der Waals surface area contributed by atoms with Crippen LogP contribution in [0.2, 0.25) is 0 Å². The number of aryl methyl sites for hydroxylation is 3. The third kappa shape index (κ3) is 5.48. The summed E-state index contributed by atoms with van der Waals surface area (Å²) in [5, 5.41) is 4.61. The highest BCUT2D eigenvalue weighted by Gasteiger charge is 2.31. The van der Waals surface area contributed by atoms with E-state index in [9.17, 15) is 9.59 Å². The zero-order valence-corrected chi connectivity index (χ0v) is 19.2. The Bertz CT molecular complexity index is 1110. The quantitative estimate of drug-likeness (QED) is 0.516. The lowest BCUT2D eigenvalue weighted by atomic mass is 9.98. The van der Waals surface area contributed by atoms with Gasteiger partial charge in [-0.3, -0.25) is 9.59 Å². The monoisotopic (exact) mass is 446 g/mol. The number of hydrogen-bond donors (Lipinski definition) is 0. The molecule has 1 amide bonds. The molecule has 1 saturated heterocycles. The van der Waals surface area contributed by atoms with Crippen molar-refractivity contribution in [2.24, 2.45) is 5.92 Å². The molecule has 1 fully saturated rings. The molecule has 3 aromatic rings. The fourth-order valence-corrected chi connectivity index (χ4v) is 4.22. The van der Waals surface area contributed by atoms with Crippen LogP contribution in [0.25, 0.3) is 5.69 Å². The Morgan fingerprint density at radius 1 is 1.09 bits per heavy atom. The average Bonchev–Trinajstić information content (AvgIpc) is 3.27. The summed E-state index contributed by atoms with van der Waals surface area (Å²) in [6, 6.07) is 18.2. The van der Waals surface area contributed by atoms with E-state index < -0.39 is 0 Å². The van der Waals surface area contributed by atoms with Crippen LogP contribution in [0, 0.1) is 12.8 Å². The second-order valence-corrected chi connectivity index (χ2v) is 8.43. The van der Waals surface area contributed by atoms with Gasteiger partial charge in [0.15, 0.2) is 0 Å². The van der Waals surface area contributed by atoms with E-state index in [-0.39, 0.29) is 23.6 Å². The van der Waals surface area contributed by atoms with Gasteiger partial charge in [0.25, 0.3) is 5.91 Å². The summed E-state index contributed by atoms with van der Waals surface area (Å²) < 4.78 is 6.94. The van der Waals surface area contributed by atoms with Crippen LogP contribution < -0.4 is 0 Å². The molecule has 4 rings (SSSR count). The number of likely N-dealkylation sites (tertiary alicyclic amines) is 1.